The van der Waals surface area contributed by atoms with Crippen LogP contribution in [0.15, 0.2) is 48.5 Å². The van der Waals surface area contributed by atoms with Crippen LogP contribution in [0.25, 0.3) is 0 Å². The molecule has 2 aromatic rings. The van der Waals surface area contributed by atoms with Crippen molar-refractivity contribution in [1.29, 1.82) is 0 Å². The highest BCUT2D eigenvalue weighted by atomic mass is 32.2. The van der Waals surface area contributed by atoms with Crippen molar-refractivity contribution < 1.29 is 23.5 Å². The second-order valence-corrected chi connectivity index (χ2v) is 7.58. The standard InChI is InChI=1S/C20H21FN2O4S/c1-13(28-12-19(24)23-15-8-6-14(21)7-9-15)20(25)22-10-16-11-26-17-4-2-3-5-18(17)27-16/h2-9,13,16H,10-12H2,1H3,(H,22,25)(H,23,24). The molecule has 28 heavy (non-hydrogen) atoms. The number of benzene rings is 2. The third-order valence-electron chi connectivity index (χ3n) is 4.03. The summed E-state index contributed by atoms with van der Waals surface area (Å²) < 4.78 is 24.3. The first-order valence-corrected chi connectivity index (χ1v) is 9.89. The lowest BCUT2D eigenvalue weighted by Crippen LogP contribution is -2.43. The van der Waals surface area contributed by atoms with E-state index in [1.54, 1.807) is 6.92 Å². The first-order valence-electron chi connectivity index (χ1n) is 8.84. The molecule has 0 saturated heterocycles. The molecule has 8 heteroatoms. The number of carbonyl (C=O) groups excluding carboxylic acids is 2. The average Bonchev–Trinajstić information content (AvgIpc) is 2.71. The Morgan fingerprint density at radius 3 is 2.64 bits per heavy atom. The van der Waals surface area contributed by atoms with Crippen molar-refractivity contribution >= 4 is 29.3 Å². The van der Waals surface area contributed by atoms with Crippen molar-refractivity contribution in [3.05, 3.63) is 54.3 Å². The summed E-state index contributed by atoms with van der Waals surface area (Å²) in [5.74, 6) is 0.670. The molecule has 1 heterocycles. The molecule has 6 nitrogen and oxygen atoms in total. The third-order valence-corrected chi connectivity index (χ3v) is 5.18. The highest BCUT2D eigenvalue weighted by molar-refractivity contribution is 8.01. The summed E-state index contributed by atoms with van der Waals surface area (Å²) in [6, 6.07) is 12.9. The van der Waals surface area contributed by atoms with E-state index in [1.165, 1.54) is 36.0 Å². The Labute approximate surface area is 166 Å². The Kier molecular flexibility index (Phi) is 6.76. The number of para-hydroxylation sites is 2. The van der Waals surface area contributed by atoms with Gasteiger partial charge >= 0.3 is 0 Å². The fourth-order valence-corrected chi connectivity index (χ4v) is 3.24. The van der Waals surface area contributed by atoms with Crippen LogP contribution in [0, 0.1) is 5.82 Å². The van der Waals surface area contributed by atoms with Gasteiger partial charge in [0.2, 0.25) is 11.8 Å². The number of amides is 2. The van der Waals surface area contributed by atoms with Gasteiger partial charge in [0.1, 0.15) is 18.5 Å². The number of fused-ring (bicyclic) bond motifs is 1. The van der Waals surface area contributed by atoms with Crippen molar-refractivity contribution in [3.63, 3.8) is 0 Å². The number of thioether (sulfide) groups is 1. The predicted octanol–water partition coefficient (Wildman–Crippen LogP) is 2.84. The van der Waals surface area contributed by atoms with Crippen LogP contribution >= 0.6 is 11.8 Å². The Morgan fingerprint density at radius 1 is 1.18 bits per heavy atom. The molecule has 2 atom stereocenters. The molecule has 2 unspecified atom stereocenters. The van der Waals surface area contributed by atoms with E-state index in [1.807, 2.05) is 24.3 Å². The van der Waals surface area contributed by atoms with Gasteiger partial charge in [0.25, 0.3) is 0 Å². The highest BCUT2D eigenvalue weighted by Gasteiger charge is 2.22. The van der Waals surface area contributed by atoms with Gasteiger partial charge in [-0.15, -0.1) is 11.8 Å². The summed E-state index contributed by atoms with van der Waals surface area (Å²) in [6.07, 6.45) is -0.266. The lowest BCUT2D eigenvalue weighted by atomic mass is 10.2. The minimum Gasteiger partial charge on any atom is -0.486 e. The first-order chi connectivity index (χ1) is 13.5. The van der Waals surface area contributed by atoms with Crippen molar-refractivity contribution in [2.24, 2.45) is 0 Å². The SMILES string of the molecule is CC(SCC(=O)Nc1ccc(F)cc1)C(=O)NCC1COc2ccccc2O1. The number of carbonyl (C=O) groups is 2. The quantitative estimate of drug-likeness (QED) is 0.742. The van der Waals surface area contributed by atoms with Gasteiger partial charge in [0.05, 0.1) is 17.5 Å². The molecule has 2 N–H and O–H groups in total. The fourth-order valence-electron chi connectivity index (χ4n) is 2.53. The number of hydrogen-bond acceptors (Lipinski definition) is 5. The lowest BCUT2D eigenvalue weighted by Gasteiger charge is -2.26. The predicted molar refractivity (Wildman–Crippen MR) is 106 cm³/mol. The summed E-state index contributed by atoms with van der Waals surface area (Å²) in [5, 5.41) is 5.08. The zero-order chi connectivity index (χ0) is 19.9. The van der Waals surface area contributed by atoms with E-state index in [4.69, 9.17) is 9.47 Å². The van der Waals surface area contributed by atoms with Crippen LogP contribution in [-0.4, -0.2) is 42.1 Å². The van der Waals surface area contributed by atoms with Gasteiger partial charge in [0, 0.05) is 5.69 Å². The van der Waals surface area contributed by atoms with E-state index >= 15 is 0 Å². The number of nitrogens with one attached hydrogen (secondary N) is 2. The fraction of sp³-hybridized carbons (Fsp3) is 0.300. The van der Waals surface area contributed by atoms with Crippen molar-refractivity contribution in [3.8, 4) is 11.5 Å². The van der Waals surface area contributed by atoms with E-state index < -0.39 is 5.25 Å². The molecule has 2 aromatic carbocycles. The van der Waals surface area contributed by atoms with Gasteiger partial charge in [-0.2, -0.15) is 0 Å². The highest BCUT2D eigenvalue weighted by Crippen LogP contribution is 2.30. The summed E-state index contributed by atoms with van der Waals surface area (Å²) in [6.45, 7) is 2.41. The maximum atomic E-state index is 12.9. The minimum atomic E-state index is -0.407. The van der Waals surface area contributed by atoms with E-state index in [9.17, 15) is 14.0 Å². The van der Waals surface area contributed by atoms with E-state index in [2.05, 4.69) is 10.6 Å². The van der Waals surface area contributed by atoms with Gasteiger partial charge in [-0.1, -0.05) is 12.1 Å². The number of anilines is 1. The zero-order valence-corrected chi connectivity index (χ0v) is 16.1. The van der Waals surface area contributed by atoms with Crippen LogP contribution in [0.2, 0.25) is 0 Å². The summed E-state index contributed by atoms with van der Waals surface area (Å²) in [4.78, 5) is 24.2. The largest absolute Gasteiger partial charge is 0.486 e. The average molecular weight is 404 g/mol. The van der Waals surface area contributed by atoms with Crippen LogP contribution in [-0.2, 0) is 9.59 Å². The third kappa shape index (κ3) is 5.63. The molecule has 148 valence electrons. The molecule has 0 fully saturated rings. The Bertz CT molecular complexity index is 831. The smallest absolute Gasteiger partial charge is 0.234 e. The summed E-state index contributed by atoms with van der Waals surface area (Å²) in [7, 11) is 0. The van der Waals surface area contributed by atoms with Crippen LogP contribution < -0.4 is 20.1 Å². The number of ether oxygens (including phenoxy) is 2. The zero-order valence-electron chi connectivity index (χ0n) is 15.3. The number of halogens is 1. The second-order valence-electron chi connectivity index (χ2n) is 6.25. The molecular formula is C20H21FN2O4S. The molecule has 1 aliphatic heterocycles. The van der Waals surface area contributed by atoms with Crippen molar-refractivity contribution in [2.75, 3.05) is 24.2 Å². The van der Waals surface area contributed by atoms with Crippen LogP contribution in [0.4, 0.5) is 10.1 Å². The molecule has 0 aromatic heterocycles. The monoisotopic (exact) mass is 404 g/mol. The van der Waals surface area contributed by atoms with Gasteiger partial charge in [-0.05, 0) is 43.3 Å². The second kappa shape index (κ2) is 9.45. The normalized spacial score (nSPS) is 16.1. The Morgan fingerprint density at radius 2 is 1.89 bits per heavy atom. The topological polar surface area (TPSA) is 76.7 Å². The van der Waals surface area contributed by atoms with Gasteiger partial charge in [-0.3, -0.25) is 9.59 Å². The maximum absolute atomic E-state index is 12.9. The van der Waals surface area contributed by atoms with E-state index in [0.29, 0.717) is 30.3 Å². The Hall–Kier alpha value is -2.74. The summed E-state index contributed by atoms with van der Waals surface area (Å²) in [5.41, 5.74) is 0.513. The van der Waals surface area contributed by atoms with Gasteiger partial charge in [0.15, 0.2) is 11.5 Å². The molecule has 2 amide bonds. The molecule has 0 spiro atoms. The molecule has 0 bridgehead atoms. The first kappa shape index (κ1) is 20.0. The number of rotatable bonds is 7. The van der Waals surface area contributed by atoms with Crippen molar-refractivity contribution in [2.45, 2.75) is 18.3 Å². The number of hydrogen-bond donors (Lipinski definition) is 2. The summed E-state index contributed by atoms with van der Waals surface area (Å²) >= 11 is 1.22. The van der Waals surface area contributed by atoms with E-state index in [0.717, 1.165) is 0 Å². The van der Waals surface area contributed by atoms with Crippen LogP contribution in [0.5, 0.6) is 11.5 Å². The molecular weight excluding hydrogens is 383 g/mol. The molecule has 0 radical (unpaired) electrons. The molecule has 0 saturated carbocycles. The van der Waals surface area contributed by atoms with Gasteiger partial charge in [-0.25, -0.2) is 4.39 Å². The molecule has 3 rings (SSSR count). The van der Waals surface area contributed by atoms with Crippen LogP contribution in [0.3, 0.4) is 0 Å². The van der Waals surface area contributed by atoms with Crippen LogP contribution in [0.1, 0.15) is 6.92 Å². The maximum Gasteiger partial charge on any atom is 0.234 e. The lowest BCUT2D eigenvalue weighted by molar-refractivity contribution is -0.120. The minimum absolute atomic E-state index is 0.113. The molecule has 0 aliphatic carbocycles. The molecule has 1 aliphatic rings. The van der Waals surface area contributed by atoms with Gasteiger partial charge < -0.3 is 20.1 Å². The van der Waals surface area contributed by atoms with Crippen molar-refractivity contribution in [1.82, 2.24) is 5.32 Å². The van der Waals surface area contributed by atoms with E-state index in [-0.39, 0.29) is 29.5 Å². The Balaban J connectivity index is 1.37.